The zero-order valence-electron chi connectivity index (χ0n) is 15.9. The fourth-order valence-electron chi connectivity index (χ4n) is 3.73. The van der Waals surface area contributed by atoms with Crippen LogP contribution >= 0.6 is 0 Å². The van der Waals surface area contributed by atoms with Crippen LogP contribution in [0.5, 0.6) is 5.75 Å². The van der Waals surface area contributed by atoms with E-state index in [0.717, 1.165) is 24.4 Å². The van der Waals surface area contributed by atoms with Gasteiger partial charge in [-0.05, 0) is 42.6 Å². The van der Waals surface area contributed by atoms with Gasteiger partial charge in [0.25, 0.3) is 0 Å². The van der Waals surface area contributed by atoms with Crippen LogP contribution in [0.2, 0.25) is 0 Å². The maximum atomic E-state index is 12.3. The zero-order chi connectivity index (χ0) is 19.1. The molecule has 0 radical (unpaired) electrons. The summed E-state index contributed by atoms with van der Waals surface area (Å²) in [5, 5.41) is 2.95. The van der Waals surface area contributed by atoms with Crippen LogP contribution in [0.4, 0.5) is 0 Å². The predicted molar refractivity (Wildman–Crippen MR) is 108 cm³/mol. The molecule has 5 nitrogen and oxygen atoms in total. The second kappa shape index (κ2) is 9.53. The number of nitrogens with one attached hydrogen (secondary N) is 1. The molecule has 3 N–H and O–H groups in total. The van der Waals surface area contributed by atoms with Crippen LogP contribution in [-0.2, 0) is 4.79 Å². The van der Waals surface area contributed by atoms with Gasteiger partial charge in [-0.15, -0.1) is 0 Å². The number of benzene rings is 2. The van der Waals surface area contributed by atoms with Gasteiger partial charge >= 0.3 is 0 Å². The Hall–Kier alpha value is -2.37. The van der Waals surface area contributed by atoms with Crippen molar-refractivity contribution in [3.8, 4) is 5.75 Å². The fraction of sp³-hybridized carbons (Fsp3) is 0.409. The van der Waals surface area contributed by atoms with Crippen LogP contribution in [0.15, 0.2) is 54.6 Å². The summed E-state index contributed by atoms with van der Waals surface area (Å²) in [5.41, 5.74) is 8.44. The third-order valence-electron chi connectivity index (χ3n) is 5.10. The molecule has 2 aromatic rings. The lowest BCUT2D eigenvalue weighted by Crippen LogP contribution is -2.38. The second-order valence-electron chi connectivity index (χ2n) is 7.22. The highest BCUT2D eigenvalue weighted by Crippen LogP contribution is 2.31. The minimum atomic E-state index is 0.0346. The monoisotopic (exact) mass is 367 g/mol. The molecule has 144 valence electrons. The van der Waals surface area contributed by atoms with Gasteiger partial charge in [-0.25, -0.2) is 0 Å². The molecule has 0 aromatic heterocycles. The lowest BCUT2D eigenvalue weighted by Gasteiger charge is -2.16. The number of carbonyl (C=O) groups excluding carboxylic acids is 1. The summed E-state index contributed by atoms with van der Waals surface area (Å²) in [6.45, 7) is 5.78. The van der Waals surface area contributed by atoms with E-state index < -0.39 is 0 Å². The van der Waals surface area contributed by atoms with Crippen LogP contribution in [0, 0.1) is 12.8 Å². The lowest BCUT2D eigenvalue weighted by atomic mass is 9.89. The maximum absolute atomic E-state index is 12.3. The molecule has 1 heterocycles. The van der Waals surface area contributed by atoms with Gasteiger partial charge in [-0.2, -0.15) is 0 Å². The van der Waals surface area contributed by atoms with Gasteiger partial charge in [-0.3, -0.25) is 9.69 Å². The summed E-state index contributed by atoms with van der Waals surface area (Å²) in [6.07, 6.45) is 0. The number of ether oxygens (including phenoxy) is 1. The molecule has 1 aliphatic rings. The van der Waals surface area contributed by atoms with E-state index in [-0.39, 0.29) is 5.91 Å². The van der Waals surface area contributed by atoms with E-state index in [9.17, 15) is 4.79 Å². The Morgan fingerprint density at radius 1 is 1.19 bits per heavy atom. The molecule has 0 spiro atoms. The minimum absolute atomic E-state index is 0.0346. The summed E-state index contributed by atoms with van der Waals surface area (Å²) in [6, 6.07) is 18.4. The molecule has 0 saturated carbocycles. The van der Waals surface area contributed by atoms with Crippen molar-refractivity contribution >= 4 is 5.91 Å². The Bertz CT molecular complexity index is 735. The van der Waals surface area contributed by atoms with Gasteiger partial charge in [0, 0.05) is 19.0 Å². The van der Waals surface area contributed by atoms with E-state index in [1.807, 2.05) is 37.3 Å². The normalized spacial score (nSPS) is 19.8. The van der Waals surface area contributed by atoms with E-state index in [1.165, 1.54) is 5.56 Å². The molecule has 2 atom stereocenters. The molecule has 5 heteroatoms. The van der Waals surface area contributed by atoms with E-state index in [0.29, 0.717) is 38.1 Å². The van der Waals surface area contributed by atoms with Crippen molar-refractivity contribution in [2.45, 2.75) is 12.8 Å². The fourth-order valence-corrected chi connectivity index (χ4v) is 3.73. The molecule has 1 fully saturated rings. The maximum Gasteiger partial charge on any atom is 0.234 e. The Morgan fingerprint density at radius 3 is 2.74 bits per heavy atom. The van der Waals surface area contributed by atoms with Gasteiger partial charge in [0.05, 0.1) is 13.1 Å². The molecule has 1 saturated heterocycles. The molecule has 0 aliphatic carbocycles. The molecule has 1 amide bonds. The molecule has 27 heavy (non-hydrogen) atoms. The van der Waals surface area contributed by atoms with Gasteiger partial charge < -0.3 is 15.8 Å². The number of carbonyl (C=O) groups is 1. The Morgan fingerprint density at radius 2 is 2.00 bits per heavy atom. The van der Waals surface area contributed by atoms with Crippen LogP contribution in [-0.4, -0.2) is 50.1 Å². The first-order valence-electron chi connectivity index (χ1n) is 9.59. The number of nitrogens with zero attached hydrogens (tertiary/aromatic N) is 1. The number of amides is 1. The van der Waals surface area contributed by atoms with Gasteiger partial charge in [0.2, 0.25) is 5.91 Å². The molecule has 1 aliphatic heterocycles. The van der Waals surface area contributed by atoms with Crippen molar-refractivity contribution in [1.82, 2.24) is 10.2 Å². The first-order valence-corrected chi connectivity index (χ1v) is 9.59. The van der Waals surface area contributed by atoms with Gasteiger partial charge in [0.1, 0.15) is 12.4 Å². The summed E-state index contributed by atoms with van der Waals surface area (Å²) >= 11 is 0. The lowest BCUT2D eigenvalue weighted by molar-refractivity contribution is -0.122. The summed E-state index contributed by atoms with van der Waals surface area (Å²) in [5.74, 6) is 1.66. The molecule has 3 rings (SSSR count). The van der Waals surface area contributed by atoms with Crippen LogP contribution in [0.25, 0.3) is 0 Å². The van der Waals surface area contributed by atoms with Crippen molar-refractivity contribution in [2.24, 2.45) is 11.7 Å². The van der Waals surface area contributed by atoms with Crippen molar-refractivity contribution in [1.29, 1.82) is 0 Å². The highest BCUT2D eigenvalue weighted by Gasteiger charge is 2.33. The Balaban J connectivity index is 1.41. The van der Waals surface area contributed by atoms with Gasteiger partial charge in [0.15, 0.2) is 0 Å². The summed E-state index contributed by atoms with van der Waals surface area (Å²) < 4.78 is 5.67. The van der Waals surface area contributed by atoms with Gasteiger partial charge in [-0.1, -0.05) is 42.5 Å². The Labute approximate surface area is 161 Å². The van der Waals surface area contributed by atoms with Crippen molar-refractivity contribution in [3.63, 3.8) is 0 Å². The van der Waals surface area contributed by atoms with Crippen LogP contribution in [0.1, 0.15) is 17.0 Å². The molecule has 0 unspecified atom stereocenters. The van der Waals surface area contributed by atoms with Crippen molar-refractivity contribution in [2.75, 3.05) is 39.3 Å². The second-order valence-corrected chi connectivity index (χ2v) is 7.22. The van der Waals surface area contributed by atoms with E-state index in [4.69, 9.17) is 10.5 Å². The quantitative estimate of drug-likeness (QED) is 0.702. The number of hydrogen-bond donors (Lipinski definition) is 2. The van der Waals surface area contributed by atoms with Crippen molar-refractivity contribution < 1.29 is 9.53 Å². The predicted octanol–water partition coefficient (Wildman–Crippen LogP) is 2.16. The third kappa shape index (κ3) is 5.55. The highest BCUT2D eigenvalue weighted by atomic mass is 16.5. The molecule has 2 aromatic carbocycles. The molecular weight excluding hydrogens is 338 g/mol. The zero-order valence-corrected chi connectivity index (χ0v) is 15.9. The first kappa shape index (κ1) is 19.4. The summed E-state index contributed by atoms with van der Waals surface area (Å²) in [7, 11) is 0. The highest BCUT2D eigenvalue weighted by molar-refractivity contribution is 5.78. The standard InChI is InChI=1S/C22H29N3O2/c1-17-6-5-9-20(12-17)27-11-10-24-22(26)16-25-14-19(13-23)21(15-25)18-7-3-2-4-8-18/h2-9,12,19,21H,10-11,13-16,23H2,1H3,(H,24,26)/t19-,21+/m1/s1. The van der Waals surface area contributed by atoms with Crippen molar-refractivity contribution in [3.05, 3.63) is 65.7 Å². The smallest absolute Gasteiger partial charge is 0.234 e. The number of likely N-dealkylation sites (tertiary alicyclic amines) is 1. The molecular formula is C22H29N3O2. The number of hydrogen-bond acceptors (Lipinski definition) is 4. The number of aryl methyl sites for hydroxylation is 1. The number of rotatable bonds is 8. The molecule has 0 bridgehead atoms. The average molecular weight is 367 g/mol. The van der Waals surface area contributed by atoms with E-state index in [2.05, 4.69) is 34.5 Å². The van der Waals surface area contributed by atoms with Crippen LogP contribution < -0.4 is 15.8 Å². The average Bonchev–Trinajstić information content (AvgIpc) is 3.09. The topological polar surface area (TPSA) is 67.6 Å². The van der Waals surface area contributed by atoms with E-state index >= 15 is 0 Å². The summed E-state index contributed by atoms with van der Waals surface area (Å²) in [4.78, 5) is 14.5. The minimum Gasteiger partial charge on any atom is -0.492 e. The Kier molecular flexibility index (Phi) is 6.85. The largest absolute Gasteiger partial charge is 0.492 e. The van der Waals surface area contributed by atoms with Crippen LogP contribution in [0.3, 0.4) is 0 Å². The third-order valence-corrected chi connectivity index (χ3v) is 5.10. The van der Waals surface area contributed by atoms with E-state index in [1.54, 1.807) is 0 Å². The SMILES string of the molecule is Cc1cccc(OCCNC(=O)CN2C[C@@H](CN)[C@H](c3ccccc3)C2)c1. The first-order chi connectivity index (χ1) is 13.2. The number of nitrogens with two attached hydrogens (primary N) is 1.